The number of hydrogen-bond acceptors (Lipinski definition) is 9. The molecule has 3 N–H and O–H groups in total. The highest BCUT2D eigenvalue weighted by atomic mass is 32.2. The molecule has 38 heavy (non-hydrogen) atoms. The molecule has 1 saturated heterocycles. The monoisotopic (exact) mass is 589 g/mol. The van der Waals surface area contributed by atoms with Crippen molar-refractivity contribution in [2.75, 3.05) is 6.61 Å². The molecule has 14 heteroatoms. The molecule has 1 aromatic rings. The molecule has 0 saturated carbocycles. The molecule has 0 aliphatic carbocycles. The Kier molecular flexibility index (Phi) is 7.76. The summed E-state index contributed by atoms with van der Waals surface area (Å²) in [5.41, 5.74) is 3.61. The molecule has 2 aliphatic rings. The van der Waals surface area contributed by atoms with Crippen LogP contribution in [0.1, 0.15) is 53.3 Å². The first-order valence-corrected chi connectivity index (χ1v) is 20.0. The molecular formula is C24H43N3O8SSi2. The van der Waals surface area contributed by atoms with Crippen LogP contribution in [-0.2, 0) is 27.9 Å². The summed E-state index contributed by atoms with van der Waals surface area (Å²) in [6.45, 7) is 22.0. The van der Waals surface area contributed by atoms with E-state index in [4.69, 9.17) is 23.5 Å². The Morgan fingerprint density at radius 2 is 1.63 bits per heavy atom. The SMILES string of the molecule is Cc1cn(C2OC(CO[Si](C)(C)C(C)(C)C)C3(OS(=O)(=O)C=C3N)C2O[Si](C)(C)C(C)(C)C)c(=O)[nH]c1=O. The maximum absolute atomic E-state index is 13.0. The summed E-state index contributed by atoms with van der Waals surface area (Å²) in [4.78, 5) is 27.4. The van der Waals surface area contributed by atoms with Gasteiger partial charge in [0.1, 0.15) is 12.2 Å². The molecule has 2 aliphatic heterocycles. The van der Waals surface area contributed by atoms with Gasteiger partial charge in [-0.25, -0.2) is 8.98 Å². The number of ether oxygens (including phenoxy) is 1. The quantitative estimate of drug-likeness (QED) is 0.377. The molecule has 11 nitrogen and oxygen atoms in total. The van der Waals surface area contributed by atoms with Gasteiger partial charge in [-0.15, -0.1) is 0 Å². The second kappa shape index (κ2) is 9.52. The zero-order chi connectivity index (χ0) is 29.3. The van der Waals surface area contributed by atoms with Gasteiger partial charge in [0, 0.05) is 11.8 Å². The van der Waals surface area contributed by atoms with Crippen molar-refractivity contribution in [3.8, 4) is 0 Å². The minimum atomic E-state index is -4.18. The smallest absolute Gasteiger partial charge is 0.330 e. The summed E-state index contributed by atoms with van der Waals surface area (Å²) in [5, 5.41) is 0.462. The van der Waals surface area contributed by atoms with Gasteiger partial charge in [0.15, 0.2) is 28.5 Å². The normalized spacial score (nSPS) is 28.2. The molecule has 1 fully saturated rings. The zero-order valence-electron chi connectivity index (χ0n) is 24.3. The van der Waals surface area contributed by atoms with Crippen LogP contribution in [0, 0.1) is 6.92 Å². The van der Waals surface area contributed by atoms with Gasteiger partial charge in [-0.1, -0.05) is 41.5 Å². The van der Waals surface area contributed by atoms with Crippen LogP contribution in [0.5, 0.6) is 0 Å². The summed E-state index contributed by atoms with van der Waals surface area (Å²) in [6.07, 6.45) is -1.93. The Hall–Kier alpha value is -1.56. The minimum absolute atomic E-state index is 0.0362. The molecule has 0 aromatic carbocycles. The first-order valence-electron chi connectivity index (χ1n) is 12.7. The molecule has 4 unspecified atom stereocenters. The van der Waals surface area contributed by atoms with Crippen molar-refractivity contribution in [1.82, 2.24) is 9.55 Å². The van der Waals surface area contributed by atoms with Crippen LogP contribution < -0.4 is 17.0 Å². The van der Waals surface area contributed by atoms with Gasteiger partial charge >= 0.3 is 5.69 Å². The number of aryl methyl sites for hydroxylation is 1. The van der Waals surface area contributed by atoms with Crippen molar-refractivity contribution >= 4 is 26.8 Å². The van der Waals surface area contributed by atoms with Crippen LogP contribution in [0.2, 0.25) is 36.3 Å². The van der Waals surface area contributed by atoms with Crippen LogP contribution in [0.4, 0.5) is 0 Å². The first-order chi connectivity index (χ1) is 17.0. The van der Waals surface area contributed by atoms with Crippen molar-refractivity contribution in [1.29, 1.82) is 0 Å². The standard InChI is InChI=1S/C24H43N3O8SSi2/c1-15-12-27(21(29)26-19(15)28)20-18(34-38(10,11)23(5,6)7)24(16(25)14-36(30,31)35-24)17(33-20)13-32-37(8,9)22(2,3)4/h12,14,17-18,20H,13,25H2,1-11H3,(H,26,28,29). The Balaban J connectivity index is 2.24. The topological polar surface area (TPSA) is 152 Å². The van der Waals surface area contributed by atoms with Crippen molar-refractivity contribution in [2.24, 2.45) is 5.73 Å². The van der Waals surface area contributed by atoms with Crippen LogP contribution >= 0.6 is 0 Å². The number of H-pyrrole nitrogens is 1. The number of nitrogens with two attached hydrogens (primary N) is 1. The van der Waals surface area contributed by atoms with Crippen molar-refractivity contribution < 1.29 is 26.2 Å². The van der Waals surface area contributed by atoms with Crippen LogP contribution in [0.25, 0.3) is 0 Å². The van der Waals surface area contributed by atoms with Crippen LogP contribution in [0.3, 0.4) is 0 Å². The molecule has 0 bridgehead atoms. The summed E-state index contributed by atoms with van der Waals surface area (Å²) in [5.74, 6) is 0. The average molecular weight is 590 g/mol. The maximum Gasteiger partial charge on any atom is 0.330 e. The van der Waals surface area contributed by atoms with Gasteiger partial charge < -0.3 is 19.3 Å². The summed E-state index contributed by atoms with van der Waals surface area (Å²) >= 11 is 0. The van der Waals surface area contributed by atoms with E-state index < -0.39 is 62.0 Å². The highest BCUT2D eigenvalue weighted by Crippen LogP contribution is 2.52. The lowest BCUT2D eigenvalue weighted by Gasteiger charge is -2.43. The third-order valence-electron chi connectivity index (χ3n) is 8.49. The molecule has 4 atom stereocenters. The zero-order valence-corrected chi connectivity index (χ0v) is 27.1. The second-order valence-electron chi connectivity index (χ2n) is 13.3. The van der Waals surface area contributed by atoms with Gasteiger partial charge in [-0.3, -0.25) is 14.3 Å². The van der Waals surface area contributed by atoms with Gasteiger partial charge in [0.25, 0.3) is 15.7 Å². The van der Waals surface area contributed by atoms with E-state index in [9.17, 15) is 18.0 Å². The Morgan fingerprint density at radius 3 is 2.11 bits per heavy atom. The van der Waals surface area contributed by atoms with Crippen molar-refractivity contribution in [3.05, 3.63) is 43.7 Å². The Morgan fingerprint density at radius 1 is 1.08 bits per heavy atom. The lowest BCUT2D eigenvalue weighted by atomic mass is 9.89. The van der Waals surface area contributed by atoms with E-state index in [0.717, 1.165) is 5.41 Å². The third kappa shape index (κ3) is 5.40. The second-order valence-corrected chi connectivity index (χ2v) is 24.3. The molecule has 0 radical (unpaired) electrons. The third-order valence-corrected chi connectivity index (χ3v) is 18.5. The fourth-order valence-electron chi connectivity index (χ4n) is 3.99. The van der Waals surface area contributed by atoms with Gasteiger partial charge in [0.05, 0.1) is 17.7 Å². The van der Waals surface area contributed by atoms with Crippen molar-refractivity contribution in [2.45, 2.75) is 109 Å². The number of aromatic nitrogens is 2. The highest BCUT2D eigenvalue weighted by Gasteiger charge is 2.67. The first kappa shape index (κ1) is 31.0. The van der Waals surface area contributed by atoms with Crippen molar-refractivity contribution in [3.63, 3.8) is 0 Å². The predicted octanol–water partition coefficient (Wildman–Crippen LogP) is 3.05. The number of aromatic amines is 1. The number of hydrogen-bond donors (Lipinski definition) is 2. The molecule has 0 amide bonds. The minimum Gasteiger partial charge on any atom is -0.414 e. The van der Waals surface area contributed by atoms with E-state index in [-0.39, 0.29) is 27.9 Å². The molecular weight excluding hydrogens is 547 g/mol. The van der Waals surface area contributed by atoms with Crippen LogP contribution in [-0.4, -0.2) is 59.0 Å². The largest absolute Gasteiger partial charge is 0.414 e. The summed E-state index contributed by atoms with van der Waals surface area (Å²) < 4.78 is 52.2. The van der Waals surface area contributed by atoms with Crippen LogP contribution in [0.15, 0.2) is 26.9 Å². The van der Waals surface area contributed by atoms with Gasteiger partial charge in [0.2, 0.25) is 0 Å². The fourth-order valence-corrected chi connectivity index (χ4v) is 7.50. The average Bonchev–Trinajstić information content (AvgIpc) is 3.14. The molecule has 216 valence electrons. The van der Waals surface area contributed by atoms with E-state index in [1.807, 2.05) is 33.9 Å². The summed E-state index contributed by atoms with van der Waals surface area (Å²) in [6, 6.07) is 0. The summed E-state index contributed by atoms with van der Waals surface area (Å²) in [7, 11) is -9.13. The lowest BCUT2D eigenvalue weighted by Crippen LogP contribution is -2.59. The Labute approximate surface area is 227 Å². The van der Waals surface area contributed by atoms with Gasteiger partial charge in [-0.2, -0.15) is 8.42 Å². The highest BCUT2D eigenvalue weighted by molar-refractivity contribution is 7.90. The maximum atomic E-state index is 13.0. The molecule has 1 aromatic heterocycles. The molecule has 1 spiro atoms. The Bertz CT molecular complexity index is 1340. The number of nitrogens with zero attached hydrogens (tertiary/aromatic N) is 1. The van der Waals surface area contributed by atoms with E-state index >= 15 is 0 Å². The van der Waals surface area contributed by atoms with E-state index in [1.54, 1.807) is 6.92 Å². The number of rotatable bonds is 6. The van der Waals surface area contributed by atoms with E-state index in [1.165, 1.54) is 10.8 Å². The molecule has 3 heterocycles. The lowest BCUT2D eigenvalue weighted by molar-refractivity contribution is -0.0563. The van der Waals surface area contributed by atoms with Gasteiger partial charge in [-0.05, 0) is 43.2 Å². The number of nitrogens with one attached hydrogen (secondary N) is 1. The molecule has 3 rings (SSSR count). The fraction of sp³-hybridized carbons (Fsp3) is 0.750. The van der Waals surface area contributed by atoms with E-state index in [2.05, 4.69) is 38.8 Å². The predicted molar refractivity (Wildman–Crippen MR) is 150 cm³/mol. The van der Waals surface area contributed by atoms with E-state index in [0.29, 0.717) is 0 Å².